The Kier molecular flexibility index (Phi) is 2.38. The summed E-state index contributed by atoms with van der Waals surface area (Å²) in [5.41, 5.74) is 2.72. The van der Waals surface area contributed by atoms with Crippen LogP contribution in [0.5, 0.6) is 0 Å². The van der Waals surface area contributed by atoms with Crippen LogP contribution in [0.2, 0.25) is 0 Å². The van der Waals surface area contributed by atoms with Gasteiger partial charge >= 0.3 is 0 Å². The highest BCUT2D eigenvalue weighted by Crippen LogP contribution is 2.36. The SMILES string of the molecule is Cc1ccc2c(c1)N(C)C(=O)C1CNCC(=O)N21. The van der Waals surface area contributed by atoms with Crippen molar-refractivity contribution in [2.24, 2.45) is 0 Å². The lowest BCUT2D eigenvalue weighted by molar-refractivity contribution is -0.126. The number of hydrogen-bond donors (Lipinski definition) is 1. The monoisotopic (exact) mass is 245 g/mol. The lowest BCUT2D eigenvalue weighted by atomic mass is 10.0. The Morgan fingerprint density at radius 1 is 1.28 bits per heavy atom. The molecular formula is C13H15N3O2. The number of likely N-dealkylation sites (N-methyl/N-ethyl adjacent to an activating group) is 1. The van der Waals surface area contributed by atoms with Gasteiger partial charge < -0.3 is 10.2 Å². The summed E-state index contributed by atoms with van der Waals surface area (Å²) in [6, 6.07) is 5.42. The zero-order chi connectivity index (χ0) is 12.9. The van der Waals surface area contributed by atoms with Crippen LogP contribution in [0.4, 0.5) is 11.4 Å². The Morgan fingerprint density at radius 2 is 2.06 bits per heavy atom. The van der Waals surface area contributed by atoms with E-state index in [1.165, 1.54) is 0 Å². The van der Waals surface area contributed by atoms with Gasteiger partial charge in [0.25, 0.3) is 5.91 Å². The van der Waals surface area contributed by atoms with Gasteiger partial charge in [-0.3, -0.25) is 14.5 Å². The highest BCUT2D eigenvalue weighted by molar-refractivity contribution is 6.14. The number of benzene rings is 1. The molecule has 5 nitrogen and oxygen atoms in total. The quantitative estimate of drug-likeness (QED) is 0.714. The molecule has 0 aliphatic carbocycles. The van der Waals surface area contributed by atoms with Crippen LogP contribution in [-0.2, 0) is 9.59 Å². The number of piperazine rings is 1. The van der Waals surface area contributed by atoms with Crippen LogP contribution in [0.1, 0.15) is 5.56 Å². The Labute approximate surface area is 105 Å². The molecule has 1 N–H and O–H groups in total. The first-order valence-electron chi connectivity index (χ1n) is 6.00. The standard InChI is InChI=1S/C13H15N3O2/c1-8-3-4-9-10(5-8)15(2)13(18)11-6-14-7-12(17)16(9)11/h3-5,11,14H,6-7H2,1-2H3. The predicted molar refractivity (Wildman–Crippen MR) is 68.7 cm³/mol. The average molecular weight is 245 g/mol. The van der Waals surface area contributed by atoms with Gasteiger partial charge in [-0.05, 0) is 24.6 Å². The number of anilines is 2. The van der Waals surface area contributed by atoms with E-state index in [9.17, 15) is 9.59 Å². The van der Waals surface area contributed by atoms with E-state index in [0.717, 1.165) is 16.9 Å². The second-order valence-corrected chi connectivity index (χ2v) is 4.80. The van der Waals surface area contributed by atoms with Gasteiger partial charge in [0, 0.05) is 13.6 Å². The van der Waals surface area contributed by atoms with Gasteiger partial charge in [0.1, 0.15) is 6.04 Å². The second-order valence-electron chi connectivity index (χ2n) is 4.80. The van der Waals surface area contributed by atoms with E-state index in [4.69, 9.17) is 0 Å². The molecule has 2 heterocycles. The van der Waals surface area contributed by atoms with E-state index in [2.05, 4.69) is 5.32 Å². The van der Waals surface area contributed by atoms with Crippen LogP contribution in [0.25, 0.3) is 0 Å². The van der Waals surface area contributed by atoms with Gasteiger partial charge in [-0.1, -0.05) is 6.07 Å². The zero-order valence-corrected chi connectivity index (χ0v) is 10.4. The molecule has 2 amide bonds. The fourth-order valence-corrected chi connectivity index (χ4v) is 2.61. The number of carbonyl (C=O) groups is 2. The van der Waals surface area contributed by atoms with Gasteiger partial charge in [-0.15, -0.1) is 0 Å². The fourth-order valence-electron chi connectivity index (χ4n) is 2.61. The molecular weight excluding hydrogens is 230 g/mol. The molecule has 0 aromatic heterocycles. The van der Waals surface area contributed by atoms with E-state index in [1.54, 1.807) is 16.8 Å². The number of carbonyl (C=O) groups excluding carboxylic acids is 2. The highest BCUT2D eigenvalue weighted by Gasteiger charge is 2.41. The summed E-state index contributed by atoms with van der Waals surface area (Å²) in [5.74, 6) is -0.0774. The molecule has 1 atom stereocenters. The predicted octanol–water partition coefficient (Wildman–Crippen LogP) is 0.276. The Balaban J connectivity index is 2.18. The number of rotatable bonds is 0. The van der Waals surface area contributed by atoms with Crippen molar-refractivity contribution in [1.82, 2.24) is 5.32 Å². The first-order valence-corrected chi connectivity index (χ1v) is 6.00. The number of nitrogens with zero attached hydrogens (tertiary/aromatic N) is 2. The van der Waals surface area contributed by atoms with Crippen molar-refractivity contribution in [3.05, 3.63) is 23.8 Å². The third-order valence-corrected chi connectivity index (χ3v) is 3.56. The van der Waals surface area contributed by atoms with Crippen molar-refractivity contribution < 1.29 is 9.59 Å². The highest BCUT2D eigenvalue weighted by atomic mass is 16.2. The molecule has 0 saturated carbocycles. The van der Waals surface area contributed by atoms with Crippen molar-refractivity contribution in [2.75, 3.05) is 29.9 Å². The van der Waals surface area contributed by atoms with Crippen molar-refractivity contribution in [1.29, 1.82) is 0 Å². The zero-order valence-electron chi connectivity index (χ0n) is 10.4. The van der Waals surface area contributed by atoms with Crippen molar-refractivity contribution in [3.8, 4) is 0 Å². The summed E-state index contributed by atoms with van der Waals surface area (Å²) in [5, 5.41) is 2.99. The normalized spacial score (nSPS) is 22.9. The molecule has 1 fully saturated rings. The minimum atomic E-state index is -0.411. The van der Waals surface area contributed by atoms with Crippen LogP contribution in [-0.4, -0.2) is 38.0 Å². The van der Waals surface area contributed by atoms with Gasteiger partial charge in [0.05, 0.1) is 17.9 Å². The summed E-state index contributed by atoms with van der Waals surface area (Å²) >= 11 is 0. The van der Waals surface area contributed by atoms with Crippen LogP contribution in [0.15, 0.2) is 18.2 Å². The minimum absolute atomic E-state index is 0.0337. The van der Waals surface area contributed by atoms with Crippen molar-refractivity contribution in [2.45, 2.75) is 13.0 Å². The first-order chi connectivity index (χ1) is 8.59. The third-order valence-electron chi connectivity index (χ3n) is 3.56. The largest absolute Gasteiger partial charge is 0.312 e. The third kappa shape index (κ3) is 1.44. The molecule has 1 aromatic carbocycles. The number of hydrogen-bond acceptors (Lipinski definition) is 3. The summed E-state index contributed by atoms with van der Waals surface area (Å²) < 4.78 is 0. The van der Waals surface area contributed by atoms with E-state index in [-0.39, 0.29) is 11.8 Å². The Hall–Kier alpha value is -1.88. The van der Waals surface area contributed by atoms with Crippen LogP contribution < -0.4 is 15.1 Å². The number of aryl methyl sites for hydroxylation is 1. The van der Waals surface area contributed by atoms with Gasteiger partial charge in [0.2, 0.25) is 5.91 Å². The molecule has 3 rings (SSSR count). The molecule has 0 spiro atoms. The summed E-state index contributed by atoms with van der Waals surface area (Å²) in [4.78, 5) is 27.6. The van der Waals surface area contributed by atoms with Crippen LogP contribution in [0, 0.1) is 6.92 Å². The molecule has 1 saturated heterocycles. The molecule has 18 heavy (non-hydrogen) atoms. The maximum atomic E-state index is 12.3. The van der Waals surface area contributed by atoms with Gasteiger partial charge in [-0.2, -0.15) is 0 Å². The lowest BCUT2D eigenvalue weighted by Crippen LogP contribution is -2.63. The number of fused-ring (bicyclic) bond motifs is 3. The van der Waals surface area contributed by atoms with E-state index >= 15 is 0 Å². The Bertz CT molecular complexity index is 541. The molecule has 0 bridgehead atoms. The molecule has 5 heteroatoms. The summed E-state index contributed by atoms with van der Waals surface area (Å²) in [6.07, 6.45) is 0. The first kappa shape index (κ1) is 11.2. The van der Waals surface area contributed by atoms with Crippen LogP contribution >= 0.6 is 0 Å². The van der Waals surface area contributed by atoms with Gasteiger partial charge in [-0.25, -0.2) is 0 Å². The molecule has 1 unspecified atom stereocenters. The van der Waals surface area contributed by atoms with E-state index in [1.807, 2.05) is 25.1 Å². The van der Waals surface area contributed by atoms with Crippen molar-refractivity contribution in [3.63, 3.8) is 0 Å². The average Bonchev–Trinajstić information content (AvgIpc) is 2.36. The van der Waals surface area contributed by atoms with Crippen molar-refractivity contribution >= 4 is 23.2 Å². The maximum Gasteiger partial charge on any atom is 0.251 e. The maximum absolute atomic E-state index is 12.3. The molecule has 0 radical (unpaired) electrons. The number of amides is 2. The fraction of sp³-hybridized carbons (Fsp3) is 0.385. The summed E-state index contributed by atoms with van der Waals surface area (Å²) in [6.45, 7) is 2.79. The van der Waals surface area contributed by atoms with Crippen LogP contribution in [0.3, 0.4) is 0 Å². The molecule has 2 aliphatic heterocycles. The van der Waals surface area contributed by atoms with Gasteiger partial charge in [0.15, 0.2) is 0 Å². The molecule has 94 valence electrons. The summed E-state index contributed by atoms with van der Waals surface area (Å²) in [7, 11) is 1.76. The molecule has 1 aromatic rings. The van der Waals surface area contributed by atoms with E-state index < -0.39 is 6.04 Å². The number of nitrogens with one attached hydrogen (secondary N) is 1. The van der Waals surface area contributed by atoms with E-state index in [0.29, 0.717) is 13.1 Å². The topological polar surface area (TPSA) is 52.7 Å². The second kappa shape index (κ2) is 3.81. The Morgan fingerprint density at radius 3 is 2.83 bits per heavy atom. The molecule has 2 aliphatic rings. The smallest absolute Gasteiger partial charge is 0.251 e. The lowest BCUT2D eigenvalue weighted by Gasteiger charge is -2.43. The minimum Gasteiger partial charge on any atom is -0.312 e.